The van der Waals surface area contributed by atoms with E-state index in [1.54, 1.807) is 0 Å². The van der Waals surface area contributed by atoms with Crippen molar-refractivity contribution in [2.75, 3.05) is 13.1 Å². The third-order valence-corrected chi connectivity index (χ3v) is 3.38. The van der Waals surface area contributed by atoms with E-state index >= 15 is 0 Å². The monoisotopic (exact) mass is 240 g/mol. The Kier molecular flexibility index (Phi) is 7.25. The molecule has 0 radical (unpaired) electrons. The smallest absolute Gasteiger partial charge is 0.237 e. The molecule has 0 aromatic heterocycles. The summed E-state index contributed by atoms with van der Waals surface area (Å²) in [4.78, 5) is 11.6. The van der Waals surface area contributed by atoms with Gasteiger partial charge in [-0.25, -0.2) is 0 Å². The van der Waals surface area contributed by atoms with E-state index in [2.05, 4.69) is 24.5 Å². The Labute approximate surface area is 106 Å². The molecule has 17 heavy (non-hydrogen) atoms. The minimum Gasteiger partial charge on any atom is -0.355 e. The van der Waals surface area contributed by atoms with Gasteiger partial charge in [0.15, 0.2) is 0 Å². The third-order valence-electron chi connectivity index (χ3n) is 3.38. The lowest BCUT2D eigenvalue weighted by atomic mass is 10.0. The molecule has 0 bridgehead atoms. The second-order valence-electron chi connectivity index (χ2n) is 5.54. The van der Waals surface area contributed by atoms with Crippen LogP contribution in [0.1, 0.15) is 58.8 Å². The van der Waals surface area contributed by atoms with Crippen molar-refractivity contribution in [3.8, 4) is 0 Å². The van der Waals surface area contributed by atoms with Crippen molar-refractivity contribution < 1.29 is 4.79 Å². The Morgan fingerprint density at radius 2 is 2.06 bits per heavy atom. The number of hydrogen-bond donors (Lipinski definition) is 2. The maximum absolute atomic E-state index is 11.6. The van der Waals surface area contributed by atoms with E-state index in [0.29, 0.717) is 0 Å². The first-order valence-electron chi connectivity index (χ1n) is 7.21. The first kappa shape index (κ1) is 14.5. The van der Waals surface area contributed by atoms with Crippen LogP contribution in [0.2, 0.25) is 0 Å². The van der Waals surface area contributed by atoms with E-state index in [4.69, 9.17) is 0 Å². The summed E-state index contributed by atoms with van der Waals surface area (Å²) in [5, 5.41) is 6.24. The van der Waals surface area contributed by atoms with Crippen LogP contribution in [0.3, 0.4) is 0 Å². The molecule has 0 aliphatic carbocycles. The summed E-state index contributed by atoms with van der Waals surface area (Å²) in [5.41, 5.74) is 0. The van der Waals surface area contributed by atoms with Gasteiger partial charge in [0, 0.05) is 6.54 Å². The van der Waals surface area contributed by atoms with Crippen LogP contribution in [0.15, 0.2) is 0 Å². The number of rotatable bonds is 8. The largest absolute Gasteiger partial charge is 0.355 e. The number of amides is 1. The predicted molar refractivity (Wildman–Crippen MR) is 72.0 cm³/mol. The lowest BCUT2D eigenvalue weighted by molar-refractivity contribution is -0.122. The van der Waals surface area contributed by atoms with Crippen molar-refractivity contribution in [1.29, 1.82) is 0 Å². The summed E-state index contributed by atoms with van der Waals surface area (Å²) in [6, 6.07) is 0.0796. The average Bonchev–Trinajstić information content (AvgIpc) is 2.80. The molecular formula is C14H28N2O. The standard InChI is InChI=1S/C14H28N2O/c1-12(2)8-5-3-4-6-10-16-14(17)13-9-7-11-15-13/h12-13,15H,3-11H2,1-2H3,(H,16,17)/t13-/m1/s1. The Morgan fingerprint density at radius 3 is 2.71 bits per heavy atom. The van der Waals surface area contributed by atoms with Crippen LogP contribution in [-0.4, -0.2) is 25.0 Å². The maximum Gasteiger partial charge on any atom is 0.237 e. The zero-order valence-corrected chi connectivity index (χ0v) is 11.4. The first-order chi connectivity index (χ1) is 8.20. The normalized spacial score (nSPS) is 19.8. The Bertz CT molecular complexity index is 210. The van der Waals surface area contributed by atoms with Gasteiger partial charge in [0.05, 0.1) is 6.04 Å². The van der Waals surface area contributed by atoms with Gasteiger partial charge in [0.1, 0.15) is 0 Å². The third kappa shape index (κ3) is 6.67. The molecule has 3 heteroatoms. The maximum atomic E-state index is 11.6. The molecule has 1 amide bonds. The fraction of sp³-hybridized carbons (Fsp3) is 0.929. The first-order valence-corrected chi connectivity index (χ1v) is 7.21. The van der Waals surface area contributed by atoms with Gasteiger partial charge >= 0.3 is 0 Å². The van der Waals surface area contributed by atoms with Crippen LogP contribution in [0.25, 0.3) is 0 Å². The highest BCUT2D eigenvalue weighted by atomic mass is 16.2. The minimum atomic E-state index is 0.0796. The summed E-state index contributed by atoms with van der Waals surface area (Å²) in [6.45, 7) is 6.38. The van der Waals surface area contributed by atoms with Crippen LogP contribution in [0.4, 0.5) is 0 Å². The molecule has 1 saturated heterocycles. The van der Waals surface area contributed by atoms with Gasteiger partial charge in [-0.15, -0.1) is 0 Å². The highest BCUT2D eigenvalue weighted by molar-refractivity contribution is 5.81. The molecule has 0 saturated carbocycles. The summed E-state index contributed by atoms with van der Waals surface area (Å²) < 4.78 is 0. The van der Waals surface area contributed by atoms with Crippen molar-refractivity contribution in [3.63, 3.8) is 0 Å². The molecular weight excluding hydrogens is 212 g/mol. The molecule has 0 spiro atoms. The van der Waals surface area contributed by atoms with Gasteiger partial charge in [-0.05, 0) is 31.7 Å². The zero-order chi connectivity index (χ0) is 12.5. The molecule has 1 aliphatic heterocycles. The van der Waals surface area contributed by atoms with Crippen molar-refractivity contribution in [2.45, 2.75) is 64.8 Å². The van der Waals surface area contributed by atoms with Gasteiger partial charge in [-0.3, -0.25) is 4.79 Å². The second kappa shape index (κ2) is 8.51. The molecule has 1 aliphatic rings. The van der Waals surface area contributed by atoms with Gasteiger partial charge in [-0.1, -0.05) is 39.5 Å². The zero-order valence-electron chi connectivity index (χ0n) is 11.4. The van der Waals surface area contributed by atoms with Gasteiger partial charge in [0.25, 0.3) is 0 Å². The Balaban J connectivity index is 1.88. The molecule has 0 unspecified atom stereocenters. The molecule has 2 N–H and O–H groups in total. The number of hydrogen-bond acceptors (Lipinski definition) is 2. The van der Waals surface area contributed by atoms with E-state index in [1.807, 2.05) is 0 Å². The number of unbranched alkanes of at least 4 members (excludes halogenated alkanes) is 3. The Morgan fingerprint density at radius 1 is 1.29 bits per heavy atom. The van der Waals surface area contributed by atoms with E-state index < -0.39 is 0 Å². The van der Waals surface area contributed by atoms with E-state index in [0.717, 1.165) is 38.3 Å². The van der Waals surface area contributed by atoms with Gasteiger partial charge in [0.2, 0.25) is 5.91 Å². The van der Waals surface area contributed by atoms with Crippen LogP contribution < -0.4 is 10.6 Å². The lowest BCUT2D eigenvalue weighted by Gasteiger charge is -2.10. The van der Waals surface area contributed by atoms with E-state index in [-0.39, 0.29) is 11.9 Å². The highest BCUT2D eigenvalue weighted by Crippen LogP contribution is 2.09. The van der Waals surface area contributed by atoms with Crippen LogP contribution in [0.5, 0.6) is 0 Å². The van der Waals surface area contributed by atoms with Crippen molar-refractivity contribution in [1.82, 2.24) is 10.6 Å². The summed E-state index contributed by atoms with van der Waals surface area (Å²) in [5.74, 6) is 1.02. The van der Waals surface area contributed by atoms with Crippen LogP contribution in [0, 0.1) is 5.92 Å². The molecule has 0 aromatic carbocycles. The van der Waals surface area contributed by atoms with Crippen molar-refractivity contribution in [2.24, 2.45) is 5.92 Å². The molecule has 100 valence electrons. The second-order valence-corrected chi connectivity index (χ2v) is 5.54. The summed E-state index contributed by atoms with van der Waals surface area (Å²) in [7, 11) is 0. The fourth-order valence-electron chi connectivity index (χ4n) is 2.27. The number of nitrogens with one attached hydrogen (secondary N) is 2. The molecule has 3 nitrogen and oxygen atoms in total. The van der Waals surface area contributed by atoms with E-state index in [1.165, 1.54) is 25.7 Å². The van der Waals surface area contributed by atoms with Crippen molar-refractivity contribution >= 4 is 5.91 Å². The molecule has 1 fully saturated rings. The fourth-order valence-corrected chi connectivity index (χ4v) is 2.27. The van der Waals surface area contributed by atoms with Gasteiger partial charge < -0.3 is 10.6 Å². The molecule has 1 rings (SSSR count). The van der Waals surface area contributed by atoms with Gasteiger partial charge in [-0.2, -0.15) is 0 Å². The van der Waals surface area contributed by atoms with Crippen molar-refractivity contribution in [3.05, 3.63) is 0 Å². The highest BCUT2D eigenvalue weighted by Gasteiger charge is 2.20. The van der Waals surface area contributed by atoms with Crippen LogP contribution in [-0.2, 0) is 4.79 Å². The molecule has 0 aromatic rings. The predicted octanol–water partition coefficient (Wildman–Crippen LogP) is 2.46. The number of carbonyl (C=O) groups is 1. The SMILES string of the molecule is CC(C)CCCCCCNC(=O)[C@H]1CCCN1. The topological polar surface area (TPSA) is 41.1 Å². The van der Waals surface area contributed by atoms with E-state index in [9.17, 15) is 4.79 Å². The lowest BCUT2D eigenvalue weighted by Crippen LogP contribution is -2.40. The average molecular weight is 240 g/mol. The molecule has 1 atom stereocenters. The Hall–Kier alpha value is -0.570. The summed E-state index contributed by atoms with van der Waals surface area (Å²) >= 11 is 0. The number of carbonyl (C=O) groups excluding carboxylic acids is 1. The molecule has 1 heterocycles. The summed E-state index contributed by atoms with van der Waals surface area (Å²) in [6.07, 6.45) is 8.46. The quantitative estimate of drug-likeness (QED) is 0.640. The minimum absolute atomic E-state index is 0.0796. The van der Waals surface area contributed by atoms with Crippen LogP contribution >= 0.6 is 0 Å².